The molecule has 0 bridgehead atoms. The van der Waals surface area contributed by atoms with Gasteiger partial charge in [-0.15, -0.1) is 34.9 Å². The number of rotatable bonds is 6. The minimum Gasteiger partial charge on any atom is -0.350 e. The van der Waals surface area contributed by atoms with E-state index in [9.17, 15) is 4.79 Å². The van der Waals surface area contributed by atoms with Crippen molar-refractivity contribution in [1.29, 1.82) is 0 Å². The lowest BCUT2D eigenvalue weighted by Crippen LogP contribution is -2.41. The molecule has 28 heavy (non-hydrogen) atoms. The molecule has 0 spiro atoms. The molecule has 150 valence electrons. The van der Waals surface area contributed by atoms with Crippen LogP contribution in [-0.2, 0) is 0 Å². The fourth-order valence-corrected chi connectivity index (χ4v) is 7.58. The Morgan fingerprint density at radius 2 is 1.86 bits per heavy atom. The summed E-state index contributed by atoms with van der Waals surface area (Å²) in [5.74, 6) is 3.28. The van der Waals surface area contributed by atoms with Crippen molar-refractivity contribution in [3.63, 3.8) is 0 Å². The van der Waals surface area contributed by atoms with Crippen LogP contribution in [0.4, 0.5) is 0 Å². The second kappa shape index (κ2) is 9.70. The lowest BCUT2D eigenvalue weighted by molar-refractivity contribution is 0.0915. The Hall–Kier alpha value is -0.950. The lowest BCUT2D eigenvalue weighted by atomic mass is 9.97. The van der Waals surface area contributed by atoms with E-state index in [1.807, 2.05) is 35.7 Å². The van der Waals surface area contributed by atoms with Crippen molar-refractivity contribution >= 4 is 40.8 Å². The topological polar surface area (TPSA) is 32.3 Å². The first-order valence-electron chi connectivity index (χ1n) is 10.1. The zero-order valence-corrected chi connectivity index (χ0v) is 18.8. The Labute approximate surface area is 180 Å². The second-order valence-electron chi connectivity index (χ2n) is 7.66. The summed E-state index contributed by atoms with van der Waals surface area (Å²) >= 11 is 5.78. The first-order chi connectivity index (χ1) is 13.7. The highest BCUT2D eigenvalue weighted by molar-refractivity contribution is 8.19. The van der Waals surface area contributed by atoms with Crippen molar-refractivity contribution in [1.82, 2.24) is 10.2 Å². The molecule has 3 nitrogen and oxygen atoms in total. The van der Waals surface area contributed by atoms with Crippen molar-refractivity contribution in [2.75, 3.05) is 31.1 Å². The molecule has 0 unspecified atom stereocenters. The van der Waals surface area contributed by atoms with Gasteiger partial charge < -0.3 is 5.32 Å². The van der Waals surface area contributed by atoms with Gasteiger partial charge in [0, 0.05) is 28.5 Å². The van der Waals surface area contributed by atoms with Gasteiger partial charge in [-0.1, -0.05) is 25.1 Å². The smallest absolute Gasteiger partial charge is 0.251 e. The number of nitrogens with zero attached hydrogens (tertiary/aromatic N) is 1. The van der Waals surface area contributed by atoms with Gasteiger partial charge in [-0.25, -0.2) is 0 Å². The van der Waals surface area contributed by atoms with E-state index in [1.54, 1.807) is 11.3 Å². The predicted molar refractivity (Wildman–Crippen MR) is 123 cm³/mol. The number of carbonyl (C=O) groups is 1. The van der Waals surface area contributed by atoms with Crippen molar-refractivity contribution in [3.8, 4) is 0 Å². The molecule has 0 saturated carbocycles. The quantitative estimate of drug-likeness (QED) is 0.660. The number of piperidine rings is 1. The van der Waals surface area contributed by atoms with E-state index in [2.05, 4.69) is 46.8 Å². The van der Waals surface area contributed by atoms with Gasteiger partial charge in [-0.2, -0.15) is 0 Å². The van der Waals surface area contributed by atoms with E-state index in [0.717, 1.165) is 24.6 Å². The third kappa shape index (κ3) is 4.96. The van der Waals surface area contributed by atoms with Crippen molar-refractivity contribution in [2.24, 2.45) is 5.92 Å². The standard InChI is InChI=1S/C22H28N2OS3/c1-16-8-10-24(11-9-16)19(20-3-2-12-26-20)15-23-21(25)17-4-6-18(7-5-17)22-27-13-14-28-22/h2-7,12,16,19,22H,8-11,13-15H2,1H3,(H,23,25)/t19-/m1/s1. The molecule has 1 aromatic heterocycles. The van der Waals surface area contributed by atoms with E-state index >= 15 is 0 Å². The zero-order chi connectivity index (χ0) is 19.3. The van der Waals surface area contributed by atoms with Gasteiger partial charge in [-0.05, 0) is 61.0 Å². The molecular weight excluding hydrogens is 404 g/mol. The van der Waals surface area contributed by atoms with E-state index < -0.39 is 0 Å². The fourth-order valence-electron chi connectivity index (χ4n) is 3.86. The number of amides is 1. The van der Waals surface area contributed by atoms with Crippen molar-refractivity contribution in [2.45, 2.75) is 30.4 Å². The summed E-state index contributed by atoms with van der Waals surface area (Å²) in [6.07, 6.45) is 2.49. The summed E-state index contributed by atoms with van der Waals surface area (Å²) in [4.78, 5) is 16.6. The number of benzene rings is 1. The largest absolute Gasteiger partial charge is 0.350 e. The minimum absolute atomic E-state index is 0.0326. The van der Waals surface area contributed by atoms with Crippen molar-refractivity contribution < 1.29 is 4.79 Å². The van der Waals surface area contributed by atoms with Crippen LogP contribution in [0, 0.1) is 5.92 Å². The first-order valence-corrected chi connectivity index (χ1v) is 13.1. The molecule has 2 aromatic rings. The number of hydrogen-bond acceptors (Lipinski definition) is 5. The van der Waals surface area contributed by atoms with Crippen LogP contribution in [0.5, 0.6) is 0 Å². The maximum Gasteiger partial charge on any atom is 0.251 e. The van der Waals surface area contributed by atoms with Gasteiger partial charge in [0.25, 0.3) is 5.91 Å². The maximum atomic E-state index is 12.7. The van der Waals surface area contributed by atoms with Crippen LogP contribution >= 0.6 is 34.9 Å². The van der Waals surface area contributed by atoms with Gasteiger partial charge in [0.05, 0.1) is 10.6 Å². The highest BCUT2D eigenvalue weighted by Gasteiger charge is 2.26. The van der Waals surface area contributed by atoms with Gasteiger partial charge in [0.1, 0.15) is 0 Å². The molecule has 2 saturated heterocycles. The van der Waals surface area contributed by atoms with E-state index in [4.69, 9.17) is 0 Å². The Kier molecular flexibility index (Phi) is 7.04. The van der Waals surface area contributed by atoms with E-state index in [0.29, 0.717) is 11.1 Å². The van der Waals surface area contributed by atoms with E-state index in [1.165, 1.54) is 34.8 Å². The highest BCUT2D eigenvalue weighted by atomic mass is 32.2. The van der Waals surface area contributed by atoms with Crippen LogP contribution in [0.15, 0.2) is 41.8 Å². The fraction of sp³-hybridized carbons (Fsp3) is 0.500. The number of nitrogens with one attached hydrogen (secondary N) is 1. The molecule has 4 rings (SSSR count). The zero-order valence-electron chi connectivity index (χ0n) is 16.3. The summed E-state index contributed by atoms with van der Waals surface area (Å²) in [6, 6.07) is 12.8. The Morgan fingerprint density at radius 1 is 1.14 bits per heavy atom. The molecule has 1 atom stereocenters. The summed E-state index contributed by atoms with van der Waals surface area (Å²) in [5.41, 5.74) is 2.08. The lowest BCUT2D eigenvalue weighted by Gasteiger charge is -2.36. The molecule has 2 aliphatic heterocycles. The normalized spacial score (nSPS) is 20.3. The Bertz CT molecular complexity index is 749. The SMILES string of the molecule is CC1CCN([C@H](CNC(=O)c2ccc(C3SCCS3)cc2)c2cccs2)CC1. The molecule has 3 heterocycles. The summed E-state index contributed by atoms with van der Waals surface area (Å²) in [6.45, 7) is 5.24. The molecule has 6 heteroatoms. The number of carbonyl (C=O) groups excluding carboxylic acids is 1. The molecule has 1 aromatic carbocycles. The number of thioether (sulfide) groups is 2. The Morgan fingerprint density at radius 3 is 2.50 bits per heavy atom. The van der Waals surface area contributed by atoms with Crippen LogP contribution < -0.4 is 5.32 Å². The third-order valence-electron chi connectivity index (χ3n) is 5.65. The second-order valence-corrected chi connectivity index (χ2v) is 11.4. The van der Waals surface area contributed by atoms with Crippen LogP contribution in [0.1, 0.15) is 51.2 Å². The number of hydrogen-bond donors (Lipinski definition) is 1. The molecular formula is C22H28N2OS3. The van der Waals surface area contributed by atoms with Gasteiger partial charge in [0.15, 0.2) is 0 Å². The maximum absolute atomic E-state index is 12.7. The molecule has 2 fully saturated rings. The molecule has 1 amide bonds. The minimum atomic E-state index is 0.0326. The summed E-state index contributed by atoms with van der Waals surface area (Å²) < 4.78 is 0.529. The number of thiophene rings is 1. The number of likely N-dealkylation sites (tertiary alicyclic amines) is 1. The Balaban J connectivity index is 1.38. The average Bonchev–Trinajstić information content (AvgIpc) is 3.44. The van der Waals surface area contributed by atoms with Crippen molar-refractivity contribution in [3.05, 3.63) is 57.8 Å². The van der Waals surface area contributed by atoms with Crippen LogP contribution in [0.25, 0.3) is 0 Å². The summed E-state index contributed by atoms with van der Waals surface area (Å²) in [7, 11) is 0. The predicted octanol–water partition coefficient (Wildman–Crippen LogP) is 5.43. The van der Waals surface area contributed by atoms with Gasteiger partial charge in [0.2, 0.25) is 0 Å². The van der Waals surface area contributed by atoms with E-state index in [-0.39, 0.29) is 11.9 Å². The highest BCUT2D eigenvalue weighted by Crippen LogP contribution is 2.45. The van der Waals surface area contributed by atoms with Crippen LogP contribution in [0.2, 0.25) is 0 Å². The molecule has 0 aliphatic carbocycles. The van der Waals surface area contributed by atoms with Crippen LogP contribution in [-0.4, -0.2) is 41.9 Å². The van der Waals surface area contributed by atoms with Gasteiger partial charge >= 0.3 is 0 Å². The third-order valence-corrected chi connectivity index (χ3v) is 9.73. The molecule has 2 aliphatic rings. The first kappa shape index (κ1) is 20.3. The monoisotopic (exact) mass is 432 g/mol. The average molecular weight is 433 g/mol. The van der Waals surface area contributed by atoms with Gasteiger partial charge in [-0.3, -0.25) is 9.69 Å². The summed E-state index contributed by atoms with van der Waals surface area (Å²) in [5, 5.41) is 5.33. The molecule has 0 radical (unpaired) electrons. The molecule has 1 N–H and O–H groups in total. The van der Waals surface area contributed by atoms with Crippen LogP contribution in [0.3, 0.4) is 0 Å².